The van der Waals surface area contributed by atoms with E-state index in [4.69, 9.17) is 9.47 Å². The van der Waals surface area contributed by atoms with Crippen LogP contribution in [0.15, 0.2) is 0 Å². The van der Waals surface area contributed by atoms with Crippen molar-refractivity contribution in [1.29, 1.82) is 0 Å². The average Bonchev–Trinajstić information content (AvgIpc) is 2.28. The van der Waals surface area contributed by atoms with E-state index in [0.29, 0.717) is 0 Å². The number of piperidine rings is 1. The molecule has 1 heterocycles. The van der Waals surface area contributed by atoms with Gasteiger partial charge in [-0.2, -0.15) is 0 Å². The van der Waals surface area contributed by atoms with Crippen LogP contribution in [0.2, 0.25) is 0 Å². The molecular weight excluding hydrogens is 302 g/mol. The summed E-state index contributed by atoms with van der Waals surface area (Å²) in [6.45, 7) is 6.65. The number of nitrogens with one attached hydrogen (secondary N) is 1. The molecule has 0 aromatic carbocycles. The van der Waals surface area contributed by atoms with E-state index in [-0.39, 0.29) is 41.6 Å². The Morgan fingerprint density at radius 1 is 1.17 bits per heavy atom. The Labute approximate surface area is 118 Å². The molecule has 6 heteroatoms. The second kappa shape index (κ2) is 7.74. The number of ether oxygens (including phenoxy) is 2. The highest BCUT2D eigenvalue weighted by Gasteiger charge is 2.25. The summed E-state index contributed by atoms with van der Waals surface area (Å²) in [6.07, 6.45) is 1.57. The van der Waals surface area contributed by atoms with E-state index in [1.54, 1.807) is 20.8 Å². The van der Waals surface area contributed by atoms with E-state index in [1.807, 2.05) is 0 Å². The van der Waals surface area contributed by atoms with Gasteiger partial charge in [0, 0.05) is 0 Å². The van der Waals surface area contributed by atoms with Gasteiger partial charge in [0.15, 0.2) is 0 Å². The molecule has 0 aromatic rings. The van der Waals surface area contributed by atoms with E-state index in [1.165, 1.54) is 0 Å². The minimum atomic E-state index is -0.568. The Hall–Kier alpha value is -0.620. The molecule has 0 aromatic heterocycles. The summed E-state index contributed by atoms with van der Waals surface area (Å²) in [5, 5.41) is 3.17. The molecule has 0 bridgehead atoms. The van der Waals surface area contributed by atoms with Gasteiger partial charge in [0.05, 0.1) is 11.3 Å². The topological polar surface area (TPSA) is 64.6 Å². The van der Waals surface area contributed by atoms with E-state index in [9.17, 15) is 9.59 Å². The molecule has 1 saturated heterocycles. The summed E-state index contributed by atoms with van der Waals surface area (Å²) in [5.41, 5.74) is -0.568. The lowest BCUT2D eigenvalue weighted by Gasteiger charge is -2.21. The summed E-state index contributed by atoms with van der Waals surface area (Å²) in [7, 11) is 0. The van der Waals surface area contributed by atoms with Gasteiger partial charge in [0.1, 0.15) is 0 Å². The summed E-state index contributed by atoms with van der Waals surface area (Å²) in [5.74, 6) is -0.701. The first kappa shape index (κ1) is 17.4. The quantitative estimate of drug-likeness (QED) is 0.632. The van der Waals surface area contributed by atoms with Crippen molar-refractivity contribution in [2.75, 3.05) is 19.9 Å². The van der Waals surface area contributed by atoms with Crippen LogP contribution in [0.4, 0.5) is 0 Å². The molecule has 0 amide bonds. The van der Waals surface area contributed by atoms with Gasteiger partial charge in [0.2, 0.25) is 6.79 Å². The van der Waals surface area contributed by atoms with E-state index < -0.39 is 5.41 Å². The highest BCUT2D eigenvalue weighted by molar-refractivity contribution is 8.93. The van der Waals surface area contributed by atoms with Crippen molar-refractivity contribution in [3.05, 3.63) is 0 Å². The van der Waals surface area contributed by atoms with Gasteiger partial charge >= 0.3 is 11.9 Å². The molecule has 106 valence electrons. The minimum Gasteiger partial charge on any atom is -0.428 e. The first-order valence-corrected chi connectivity index (χ1v) is 5.96. The van der Waals surface area contributed by atoms with Crippen molar-refractivity contribution in [3.63, 3.8) is 0 Å². The summed E-state index contributed by atoms with van der Waals surface area (Å²) < 4.78 is 9.81. The Balaban J connectivity index is 0.00000289. The molecule has 0 unspecified atom stereocenters. The lowest BCUT2D eigenvalue weighted by atomic mass is 9.98. The summed E-state index contributed by atoms with van der Waals surface area (Å²) >= 11 is 0. The fourth-order valence-corrected chi connectivity index (χ4v) is 1.53. The van der Waals surface area contributed by atoms with Crippen LogP contribution < -0.4 is 5.32 Å². The van der Waals surface area contributed by atoms with Crippen molar-refractivity contribution in [2.45, 2.75) is 33.6 Å². The third-order valence-electron chi connectivity index (χ3n) is 2.68. The SMILES string of the molecule is Br.CC(C)(C)C(=O)OCOC(=O)C1CCNCC1. The number of esters is 2. The van der Waals surface area contributed by atoms with Crippen LogP contribution in [0.5, 0.6) is 0 Å². The molecule has 5 nitrogen and oxygen atoms in total. The maximum Gasteiger partial charge on any atom is 0.314 e. The fraction of sp³-hybridized carbons (Fsp3) is 0.833. The first-order valence-electron chi connectivity index (χ1n) is 5.96. The zero-order chi connectivity index (χ0) is 12.9. The highest BCUT2D eigenvalue weighted by atomic mass is 79.9. The Morgan fingerprint density at radius 3 is 2.22 bits per heavy atom. The Bertz CT molecular complexity index is 282. The Morgan fingerprint density at radius 2 is 1.72 bits per heavy atom. The molecule has 0 aliphatic carbocycles. The standard InChI is InChI=1S/C12H21NO4.BrH/c1-12(2,3)11(15)17-8-16-10(14)9-4-6-13-7-5-9;/h9,13H,4-8H2,1-3H3;1H. The largest absolute Gasteiger partial charge is 0.428 e. The van der Waals surface area contributed by atoms with Crippen LogP contribution in [0, 0.1) is 11.3 Å². The third kappa shape index (κ3) is 5.82. The molecule has 18 heavy (non-hydrogen) atoms. The lowest BCUT2D eigenvalue weighted by molar-refractivity contribution is -0.175. The van der Waals surface area contributed by atoms with Crippen LogP contribution in [0.3, 0.4) is 0 Å². The molecule has 1 N–H and O–H groups in total. The van der Waals surface area contributed by atoms with Crippen molar-refractivity contribution >= 4 is 28.9 Å². The van der Waals surface area contributed by atoms with Gasteiger partial charge in [-0.05, 0) is 46.7 Å². The lowest BCUT2D eigenvalue weighted by Crippen LogP contribution is -2.33. The molecule has 0 atom stereocenters. The number of carbonyl (C=O) groups is 2. The van der Waals surface area contributed by atoms with Crippen molar-refractivity contribution in [3.8, 4) is 0 Å². The first-order chi connectivity index (χ1) is 7.91. The second-order valence-electron chi connectivity index (χ2n) is 5.29. The Kier molecular flexibility index (Phi) is 7.47. The van der Waals surface area contributed by atoms with Gasteiger partial charge in [-0.3, -0.25) is 9.59 Å². The van der Waals surface area contributed by atoms with E-state index in [0.717, 1.165) is 25.9 Å². The van der Waals surface area contributed by atoms with Gasteiger partial charge < -0.3 is 14.8 Å². The number of carbonyl (C=O) groups excluding carboxylic acids is 2. The number of hydrogen-bond acceptors (Lipinski definition) is 5. The molecule has 0 radical (unpaired) electrons. The summed E-state index contributed by atoms with van der Waals surface area (Å²) in [4.78, 5) is 23.0. The normalized spacial score (nSPS) is 16.6. The predicted molar refractivity (Wildman–Crippen MR) is 72.4 cm³/mol. The van der Waals surface area contributed by atoms with Crippen molar-refractivity contribution in [2.24, 2.45) is 11.3 Å². The van der Waals surface area contributed by atoms with E-state index >= 15 is 0 Å². The second-order valence-corrected chi connectivity index (χ2v) is 5.29. The molecule has 1 fully saturated rings. The van der Waals surface area contributed by atoms with Gasteiger partial charge in [-0.15, -0.1) is 17.0 Å². The van der Waals surface area contributed by atoms with E-state index in [2.05, 4.69) is 5.32 Å². The maximum absolute atomic E-state index is 11.6. The van der Waals surface area contributed by atoms with Crippen molar-refractivity contribution < 1.29 is 19.1 Å². The van der Waals surface area contributed by atoms with Crippen molar-refractivity contribution in [1.82, 2.24) is 5.32 Å². The average molecular weight is 324 g/mol. The van der Waals surface area contributed by atoms with Crippen LogP contribution in [-0.4, -0.2) is 31.8 Å². The maximum atomic E-state index is 11.6. The minimum absolute atomic E-state index is 0. The van der Waals surface area contributed by atoms with Crippen LogP contribution >= 0.6 is 17.0 Å². The molecule has 1 aliphatic heterocycles. The molecule has 1 rings (SSSR count). The predicted octanol–water partition coefficient (Wildman–Crippen LogP) is 1.65. The molecule has 1 aliphatic rings. The zero-order valence-electron chi connectivity index (χ0n) is 11.2. The zero-order valence-corrected chi connectivity index (χ0v) is 12.9. The van der Waals surface area contributed by atoms with Gasteiger partial charge in [-0.1, -0.05) is 0 Å². The highest BCUT2D eigenvalue weighted by Crippen LogP contribution is 2.16. The molecule has 0 saturated carbocycles. The van der Waals surface area contributed by atoms with Gasteiger partial charge in [0.25, 0.3) is 0 Å². The smallest absolute Gasteiger partial charge is 0.314 e. The number of hydrogen-bond donors (Lipinski definition) is 1. The number of halogens is 1. The van der Waals surface area contributed by atoms with Gasteiger partial charge in [-0.25, -0.2) is 0 Å². The molecular formula is C12H22BrNO4. The van der Waals surface area contributed by atoms with Crippen LogP contribution in [0.1, 0.15) is 33.6 Å². The fourth-order valence-electron chi connectivity index (χ4n) is 1.53. The number of rotatable bonds is 3. The third-order valence-corrected chi connectivity index (χ3v) is 2.68. The summed E-state index contributed by atoms with van der Waals surface area (Å²) in [6, 6.07) is 0. The molecule has 0 spiro atoms. The van der Waals surface area contributed by atoms with Crippen LogP contribution in [0.25, 0.3) is 0 Å². The monoisotopic (exact) mass is 323 g/mol. The van der Waals surface area contributed by atoms with Crippen LogP contribution in [-0.2, 0) is 19.1 Å².